The molecule has 0 saturated heterocycles. The van der Waals surface area contributed by atoms with Crippen molar-refractivity contribution in [1.82, 2.24) is 4.98 Å². The van der Waals surface area contributed by atoms with Crippen molar-refractivity contribution in [3.63, 3.8) is 0 Å². The molecule has 1 heterocycles. The fourth-order valence-corrected chi connectivity index (χ4v) is 1.74. The first-order chi connectivity index (χ1) is 8.18. The minimum atomic E-state index is -0.383. The van der Waals surface area contributed by atoms with E-state index >= 15 is 0 Å². The molecule has 0 radical (unpaired) electrons. The Bertz CT molecular complexity index is 557. The van der Waals surface area contributed by atoms with Crippen LogP contribution in [0.25, 0.3) is 0 Å². The fourth-order valence-electron chi connectivity index (χ4n) is 1.51. The van der Waals surface area contributed by atoms with Crippen molar-refractivity contribution >= 4 is 17.4 Å². The predicted octanol–water partition coefficient (Wildman–Crippen LogP) is 3.30. The van der Waals surface area contributed by atoms with Gasteiger partial charge in [0.15, 0.2) is 5.78 Å². The lowest BCUT2D eigenvalue weighted by atomic mass is 10.0. The minimum Gasteiger partial charge on any atom is -0.294 e. The summed E-state index contributed by atoms with van der Waals surface area (Å²) < 4.78 is 13.4. The van der Waals surface area contributed by atoms with Gasteiger partial charge < -0.3 is 0 Å². The van der Waals surface area contributed by atoms with E-state index in [0.29, 0.717) is 11.1 Å². The number of Topliss-reactive ketones (excluding diaryl/α,β-unsaturated/α-hetero) is 1. The minimum absolute atomic E-state index is 0.00356. The molecule has 1 aromatic heterocycles. The van der Waals surface area contributed by atoms with E-state index in [2.05, 4.69) is 4.98 Å². The number of pyridine rings is 1. The van der Waals surface area contributed by atoms with Gasteiger partial charge in [-0.1, -0.05) is 29.8 Å². The topological polar surface area (TPSA) is 30.0 Å². The number of hydrogen-bond donors (Lipinski definition) is 0. The third-order valence-electron chi connectivity index (χ3n) is 2.38. The molecule has 4 heteroatoms. The summed E-state index contributed by atoms with van der Waals surface area (Å²) in [6.45, 7) is 0. The van der Waals surface area contributed by atoms with Crippen molar-refractivity contribution < 1.29 is 9.18 Å². The van der Waals surface area contributed by atoms with Crippen LogP contribution in [0, 0.1) is 5.82 Å². The van der Waals surface area contributed by atoms with E-state index in [1.165, 1.54) is 24.5 Å². The number of carbonyl (C=O) groups excluding carboxylic acids is 1. The Morgan fingerprint density at radius 2 is 2.06 bits per heavy atom. The van der Waals surface area contributed by atoms with Gasteiger partial charge in [0.25, 0.3) is 0 Å². The molecule has 17 heavy (non-hydrogen) atoms. The monoisotopic (exact) mass is 249 g/mol. The number of carbonyl (C=O) groups is 1. The summed E-state index contributed by atoms with van der Waals surface area (Å²) in [5.74, 6) is -0.603. The molecule has 0 spiro atoms. The van der Waals surface area contributed by atoms with Gasteiger partial charge in [-0.25, -0.2) is 4.39 Å². The Hall–Kier alpha value is -1.74. The molecule has 0 aliphatic heterocycles. The zero-order valence-electron chi connectivity index (χ0n) is 8.86. The predicted molar refractivity (Wildman–Crippen MR) is 63.7 cm³/mol. The fraction of sp³-hybridized carbons (Fsp3) is 0.0769. The molecule has 0 unspecified atom stereocenters. The molecular weight excluding hydrogens is 241 g/mol. The summed E-state index contributed by atoms with van der Waals surface area (Å²) in [6.07, 6.45) is 2.88. The second-order valence-electron chi connectivity index (χ2n) is 3.55. The van der Waals surface area contributed by atoms with Crippen LogP contribution in [-0.2, 0) is 6.42 Å². The van der Waals surface area contributed by atoms with Gasteiger partial charge in [-0.3, -0.25) is 9.78 Å². The van der Waals surface area contributed by atoms with E-state index in [0.717, 1.165) is 0 Å². The third-order valence-corrected chi connectivity index (χ3v) is 2.68. The van der Waals surface area contributed by atoms with Crippen molar-refractivity contribution in [2.75, 3.05) is 0 Å². The molecule has 0 N–H and O–H groups in total. The Labute approximate surface area is 103 Å². The number of hydrogen-bond acceptors (Lipinski definition) is 2. The summed E-state index contributed by atoms with van der Waals surface area (Å²) in [5, 5.41) is 0.286. The van der Waals surface area contributed by atoms with Crippen molar-refractivity contribution in [3.05, 3.63) is 64.7 Å². The standard InChI is InChI=1S/C13H9ClFNO/c14-11-8-16-6-5-10(11)13(17)7-9-3-1-2-4-12(9)15/h1-6,8H,7H2. The molecular formula is C13H9ClFNO. The van der Waals surface area contributed by atoms with E-state index in [1.54, 1.807) is 18.2 Å². The maximum Gasteiger partial charge on any atom is 0.168 e. The van der Waals surface area contributed by atoms with Gasteiger partial charge in [0.1, 0.15) is 5.82 Å². The highest BCUT2D eigenvalue weighted by Gasteiger charge is 2.12. The first-order valence-electron chi connectivity index (χ1n) is 5.04. The average molecular weight is 250 g/mol. The van der Waals surface area contributed by atoms with Gasteiger partial charge in [0.05, 0.1) is 5.02 Å². The number of nitrogens with zero attached hydrogens (tertiary/aromatic N) is 1. The highest BCUT2D eigenvalue weighted by molar-refractivity contribution is 6.33. The van der Waals surface area contributed by atoms with Crippen LogP contribution < -0.4 is 0 Å². The van der Waals surface area contributed by atoms with Crippen molar-refractivity contribution in [2.24, 2.45) is 0 Å². The Morgan fingerprint density at radius 1 is 1.29 bits per heavy atom. The Morgan fingerprint density at radius 3 is 2.76 bits per heavy atom. The zero-order chi connectivity index (χ0) is 12.3. The number of halogens is 2. The van der Waals surface area contributed by atoms with E-state index in [-0.39, 0.29) is 23.0 Å². The lowest BCUT2D eigenvalue weighted by Gasteiger charge is -2.04. The SMILES string of the molecule is O=C(Cc1ccccc1F)c1ccncc1Cl. The highest BCUT2D eigenvalue weighted by Crippen LogP contribution is 2.17. The smallest absolute Gasteiger partial charge is 0.168 e. The summed E-state index contributed by atoms with van der Waals surface area (Å²) in [5.41, 5.74) is 0.732. The highest BCUT2D eigenvalue weighted by atomic mass is 35.5. The van der Waals surface area contributed by atoms with Gasteiger partial charge in [0.2, 0.25) is 0 Å². The molecule has 2 nitrogen and oxygen atoms in total. The van der Waals surface area contributed by atoms with Crippen molar-refractivity contribution in [1.29, 1.82) is 0 Å². The molecule has 0 saturated carbocycles. The van der Waals surface area contributed by atoms with Crippen molar-refractivity contribution in [3.8, 4) is 0 Å². The van der Waals surface area contributed by atoms with Crippen LogP contribution in [0.5, 0.6) is 0 Å². The van der Waals surface area contributed by atoms with Gasteiger partial charge in [0, 0.05) is 24.4 Å². The molecule has 0 bridgehead atoms. The number of benzene rings is 1. The maximum absolute atomic E-state index is 13.4. The number of aromatic nitrogens is 1. The van der Waals surface area contributed by atoms with Crippen LogP contribution in [0.3, 0.4) is 0 Å². The van der Waals surface area contributed by atoms with Crippen LogP contribution in [0.1, 0.15) is 15.9 Å². The van der Waals surface area contributed by atoms with E-state index < -0.39 is 0 Å². The van der Waals surface area contributed by atoms with Gasteiger partial charge in [-0.2, -0.15) is 0 Å². The molecule has 2 rings (SSSR count). The van der Waals surface area contributed by atoms with Gasteiger partial charge in [-0.05, 0) is 17.7 Å². The molecule has 0 fully saturated rings. The molecule has 0 atom stereocenters. The van der Waals surface area contributed by atoms with Crippen LogP contribution >= 0.6 is 11.6 Å². The quantitative estimate of drug-likeness (QED) is 0.782. The molecule has 0 aliphatic carbocycles. The molecule has 2 aromatic rings. The van der Waals surface area contributed by atoms with E-state index in [1.807, 2.05) is 0 Å². The molecule has 86 valence electrons. The van der Waals surface area contributed by atoms with Crippen LogP contribution in [-0.4, -0.2) is 10.8 Å². The first-order valence-corrected chi connectivity index (χ1v) is 5.42. The second-order valence-corrected chi connectivity index (χ2v) is 3.95. The first kappa shape index (κ1) is 11.7. The van der Waals surface area contributed by atoms with Crippen LogP contribution in [0.4, 0.5) is 4.39 Å². The average Bonchev–Trinajstić information content (AvgIpc) is 2.32. The number of ketones is 1. The van der Waals surface area contributed by atoms with Crippen LogP contribution in [0.15, 0.2) is 42.7 Å². The molecule has 0 aliphatic rings. The summed E-state index contributed by atoms with van der Waals surface area (Å²) in [7, 11) is 0. The molecule has 1 aromatic carbocycles. The molecule has 0 amide bonds. The Kier molecular flexibility index (Phi) is 3.49. The zero-order valence-corrected chi connectivity index (χ0v) is 9.62. The normalized spacial score (nSPS) is 10.2. The van der Waals surface area contributed by atoms with E-state index in [9.17, 15) is 9.18 Å². The lowest BCUT2D eigenvalue weighted by molar-refractivity contribution is 0.0992. The van der Waals surface area contributed by atoms with E-state index in [4.69, 9.17) is 11.6 Å². The van der Waals surface area contributed by atoms with Gasteiger partial charge in [-0.15, -0.1) is 0 Å². The maximum atomic E-state index is 13.4. The lowest BCUT2D eigenvalue weighted by Crippen LogP contribution is -2.06. The van der Waals surface area contributed by atoms with Crippen LogP contribution in [0.2, 0.25) is 5.02 Å². The summed E-state index contributed by atoms with van der Waals surface area (Å²) in [4.78, 5) is 15.7. The third kappa shape index (κ3) is 2.68. The van der Waals surface area contributed by atoms with Gasteiger partial charge >= 0.3 is 0 Å². The summed E-state index contributed by atoms with van der Waals surface area (Å²) >= 11 is 5.85. The number of rotatable bonds is 3. The second kappa shape index (κ2) is 5.06. The Balaban J connectivity index is 2.24. The largest absolute Gasteiger partial charge is 0.294 e. The van der Waals surface area contributed by atoms with Crippen molar-refractivity contribution in [2.45, 2.75) is 6.42 Å². The summed E-state index contributed by atoms with van der Waals surface area (Å²) in [6, 6.07) is 7.73.